The zero-order chi connectivity index (χ0) is 49.5. The number of hydrogen-bond acceptors (Lipinski definition) is 14. The summed E-state index contributed by atoms with van der Waals surface area (Å²) in [6.45, 7) is 3.73. The number of ether oxygens (including phenoxy) is 6. The molecule has 404 valence electrons. The third kappa shape index (κ3) is 29.5. The van der Waals surface area contributed by atoms with Crippen molar-refractivity contribution in [3.8, 4) is 0 Å². The van der Waals surface area contributed by atoms with Gasteiger partial charge >= 0.3 is 5.97 Å². The Balaban J connectivity index is 1.66. The van der Waals surface area contributed by atoms with Gasteiger partial charge in [-0.15, -0.1) is 0 Å². The monoisotopic (exact) mass is 977 g/mol. The number of carbonyl (C=O) groups excluding carboxylic acids is 1. The number of unbranched alkanes of at least 4 members (excludes halogenated alkanes) is 32. The topological polar surface area (TPSA) is 214 Å². The Morgan fingerprint density at radius 2 is 0.779 bits per heavy atom. The van der Waals surface area contributed by atoms with E-state index in [1.807, 2.05) is 0 Å². The first kappa shape index (κ1) is 63.1. The molecule has 68 heavy (non-hydrogen) atoms. The second kappa shape index (κ2) is 42.5. The SMILES string of the molecule is CCCCCCCCCCCCCCCCCCCCCCCCCCC(=O)OC(COCCCCCCCCCCCC)COC1OC(COC2OC(CO)C(O)C(O)C2O)C(O)C(O)C1O. The van der Waals surface area contributed by atoms with Crippen molar-refractivity contribution >= 4 is 5.97 Å². The lowest BCUT2D eigenvalue weighted by molar-refractivity contribution is -0.332. The maximum atomic E-state index is 13.0. The van der Waals surface area contributed by atoms with Crippen LogP contribution in [0.1, 0.15) is 239 Å². The van der Waals surface area contributed by atoms with Crippen LogP contribution in [0.3, 0.4) is 0 Å². The van der Waals surface area contributed by atoms with E-state index in [1.165, 1.54) is 173 Å². The molecule has 0 bridgehead atoms. The Morgan fingerprint density at radius 3 is 1.19 bits per heavy atom. The van der Waals surface area contributed by atoms with Crippen LogP contribution in [0.15, 0.2) is 0 Å². The molecule has 0 aromatic rings. The Hall–Kier alpha value is -1.01. The van der Waals surface area contributed by atoms with E-state index in [-0.39, 0.29) is 25.6 Å². The highest BCUT2D eigenvalue weighted by atomic mass is 16.7. The second-order valence-electron chi connectivity index (χ2n) is 20.1. The Labute approximate surface area is 412 Å². The first-order chi connectivity index (χ1) is 33.1. The third-order valence-corrected chi connectivity index (χ3v) is 13.9. The number of carbonyl (C=O) groups is 1. The smallest absolute Gasteiger partial charge is 0.306 e. The molecule has 7 N–H and O–H groups in total. The summed E-state index contributed by atoms with van der Waals surface area (Å²) in [4.78, 5) is 13.0. The zero-order valence-electron chi connectivity index (χ0n) is 43.1. The fourth-order valence-electron chi connectivity index (χ4n) is 9.29. The quantitative estimate of drug-likeness (QED) is 0.0224. The molecule has 2 aliphatic heterocycles. The Morgan fingerprint density at radius 1 is 0.426 bits per heavy atom. The summed E-state index contributed by atoms with van der Waals surface area (Å²) in [6, 6.07) is 0. The lowest BCUT2D eigenvalue weighted by Crippen LogP contribution is -2.61. The van der Waals surface area contributed by atoms with E-state index >= 15 is 0 Å². The van der Waals surface area contributed by atoms with Crippen molar-refractivity contribution in [1.82, 2.24) is 0 Å². The molecule has 2 fully saturated rings. The zero-order valence-corrected chi connectivity index (χ0v) is 43.1. The first-order valence-electron chi connectivity index (χ1n) is 28.1. The largest absolute Gasteiger partial charge is 0.457 e. The predicted molar refractivity (Wildman–Crippen MR) is 266 cm³/mol. The summed E-state index contributed by atoms with van der Waals surface area (Å²) in [5, 5.41) is 72.1. The standard InChI is InChI=1S/C54H104O14/c1-3-5-7-9-11-13-15-16-17-18-19-20-21-22-23-24-25-26-27-28-29-31-33-35-37-46(56)66-43(40-63-38-36-34-32-30-14-12-10-8-6-4-2)41-64-53-52(62)50(60)48(58)45(68-53)42-65-54-51(61)49(59)47(57)44(39-55)67-54/h43-45,47-55,57-62H,3-42H2,1-2H3. The van der Waals surface area contributed by atoms with Crippen LogP contribution in [0.4, 0.5) is 0 Å². The molecule has 14 nitrogen and oxygen atoms in total. The van der Waals surface area contributed by atoms with E-state index in [1.54, 1.807) is 0 Å². The Bertz CT molecular complexity index is 1130. The van der Waals surface area contributed by atoms with Crippen molar-refractivity contribution in [3.63, 3.8) is 0 Å². The number of esters is 1. The van der Waals surface area contributed by atoms with Crippen molar-refractivity contribution in [2.45, 2.75) is 306 Å². The molecule has 2 saturated heterocycles. The molecule has 0 saturated carbocycles. The van der Waals surface area contributed by atoms with Gasteiger partial charge in [-0.1, -0.05) is 219 Å². The summed E-state index contributed by atoms with van der Waals surface area (Å²) in [5.41, 5.74) is 0. The maximum absolute atomic E-state index is 13.0. The van der Waals surface area contributed by atoms with Crippen LogP contribution in [0.25, 0.3) is 0 Å². The summed E-state index contributed by atoms with van der Waals surface area (Å²) in [6.07, 6.45) is 27.5. The second-order valence-corrected chi connectivity index (χ2v) is 20.1. The van der Waals surface area contributed by atoms with Crippen LogP contribution in [0, 0.1) is 0 Å². The molecule has 0 amide bonds. The lowest BCUT2D eigenvalue weighted by Gasteiger charge is -2.42. The molecule has 2 heterocycles. The van der Waals surface area contributed by atoms with E-state index in [0.717, 1.165) is 44.9 Å². The summed E-state index contributed by atoms with van der Waals surface area (Å²) in [7, 11) is 0. The van der Waals surface area contributed by atoms with Crippen LogP contribution in [0.5, 0.6) is 0 Å². The van der Waals surface area contributed by atoms with Gasteiger partial charge < -0.3 is 64.2 Å². The molecule has 14 heteroatoms. The van der Waals surface area contributed by atoms with Crippen molar-refractivity contribution in [2.24, 2.45) is 0 Å². The van der Waals surface area contributed by atoms with Gasteiger partial charge in [0.25, 0.3) is 0 Å². The fraction of sp³-hybridized carbons (Fsp3) is 0.981. The van der Waals surface area contributed by atoms with Crippen molar-refractivity contribution in [1.29, 1.82) is 0 Å². The van der Waals surface area contributed by atoms with E-state index in [4.69, 9.17) is 28.4 Å². The van der Waals surface area contributed by atoms with E-state index in [0.29, 0.717) is 6.61 Å². The van der Waals surface area contributed by atoms with Gasteiger partial charge in [0, 0.05) is 13.0 Å². The van der Waals surface area contributed by atoms with Crippen LogP contribution in [0.2, 0.25) is 0 Å². The number of aliphatic hydroxyl groups excluding tert-OH is 7. The van der Waals surface area contributed by atoms with E-state index in [9.17, 15) is 40.5 Å². The number of rotatable bonds is 46. The molecule has 2 rings (SSSR count). The van der Waals surface area contributed by atoms with Gasteiger partial charge in [0.05, 0.1) is 26.4 Å². The van der Waals surface area contributed by atoms with Crippen LogP contribution >= 0.6 is 0 Å². The van der Waals surface area contributed by atoms with Gasteiger partial charge in [-0.25, -0.2) is 0 Å². The minimum Gasteiger partial charge on any atom is -0.457 e. The highest BCUT2D eigenvalue weighted by molar-refractivity contribution is 5.69. The molecule has 2 aliphatic rings. The summed E-state index contributed by atoms with van der Waals surface area (Å²) in [5.74, 6) is -0.369. The van der Waals surface area contributed by atoms with Crippen molar-refractivity contribution in [3.05, 3.63) is 0 Å². The van der Waals surface area contributed by atoms with Gasteiger partial charge in [-0.05, 0) is 12.8 Å². The Kier molecular flexibility index (Phi) is 39.4. The highest BCUT2D eigenvalue weighted by Crippen LogP contribution is 2.27. The molecule has 0 aromatic carbocycles. The van der Waals surface area contributed by atoms with Crippen molar-refractivity contribution < 1.29 is 69.0 Å². The fourth-order valence-corrected chi connectivity index (χ4v) is 9.29. The maximum Gasteiger partial charge on any atom is 0.306 e. The third-order valence-electron chi connectivity index (χ3n) is 13.9. The van der Waals surface area contributed by atoms with Gasteiger partial charge in [0.1, 0.15) is 54.9 Å². The first-order valence-corrected chi connectivity index (χ1v) is 28.1. The van der Waals surface area contributed by atoms with Gasteiger partial charge in [-0.2, -0.15) is 0 Å². The molecule has 0 spiro atoms. The van der Waals surface area contributed by atoms with Gasteiger partial charge in [-0.3, -0.25) is 4.79 Å². The summed E-state index contributed by atoms with van der Waals surface area (Å²) < 4.78 is 34.3. The van der Waals surface area contributed by atoms with Crippen LogP contribution < -0.4 is 0 Å². The summed E-state index contributed by atoms with van der Waals surface area (Å²) >= 11 is 0. The average Bonchev–Trinajstić information content (AvgIpc) is 3.33. The molecular formula is C54H104O14. The van der Waals surface area contributed by atoms with E-state index in [2.05, 4.69) is 13.8 Å². The average molecular weight is 977 g/mol. The molecule has 11 atom stereocenters. The van der Waals surface area contributed by atoms with Crippen LogP contribution in [-0.2, 0) is 33.2 Å². The minimum absolute atomic E-state index is 0.0697. The lowest BCUT2D eigenvalue weighted by atomic mass is 9.98. The normalized spacial score (nSPS) is 25.8. The van der Waals surface area contributed by atoms with Gasteiger partial charge in [0.2, 0.25) is 0 Å². The van der Waals surface area contributed by atoms with Gasteiger partial charge in [0.15, 0.2) is 12.6 Å². The molecule has 0 aliphatic carbocycles. The van der Waals surface area contributed by atoms with E-state index < -0.39 is 80.7 Å². The predicted octanol–water partition coefficient (Wildman–Crippen LogP) is 9.25. The molecule has 11 unspecified atom stereocenters. The highest BCUT2D eigenvalue weighted by Gasteiger charge is 2.47. The van der Waals surface area contributed by atoms with Crippen molar-refractivity contribution in [2.75, 3.05) is 33.0 Å². The molecule has 0 aromatic heterocycles. The number of hydrogen-bond donors (Lipinski definition) is 7. The molecule has 0 radical (unpaired) electrons. The molecular weight excluding hydrogens is 873 g/mol. The van der Waals surface area contributed by atoms with Crippen LogP contribution in [-0.4, -0.2) is 142 Å². The number of aliphatic hydroxyl groups is 7. The minimum atomic E-state index is -1.70.